The minimum atomic E-state index is -0.540. The summed E-state index contributed by atoms with van der Waals surface area (Å²) in [5.41, 5.74) is 5.36. The van der Waals surface area contributed by atoms with E-state index in [1.54, 1.807) is 12.1 Å². The summed E-state index contributed by atoms with van der Waals surface area (Å²) in [6.45, 7) is 0.303. The van der Waals surface area contributed by atoms with E-state index in [-0.39, 0.29) is 11.3 Å². The van der Waals surface area contributed by atoms with Crippen LogP contribution in [0.5, 0.6) is 0 Å². The Morgan fingerprint density at radius 3 is 2.65 bits per heavy atom. The fourth-order valence-corrected chi connectivity index (χ4v) is 2.89. The third-order valence-corrected chi connectivity index (χ3v) is 4.10. The van der Waals surface area contributed by atoms with Crippen LogP contribution in [0.1, 0.15) is 36.0 Å². The van der Waals surface area contributed by atoms with Gasteiger partial charge in [0.1, 0.15) is 5.82 Å². The van der Waals surface area contributed by atoms with Crippen LogP contribution in [0.4, 0.5) is 4.39 Å². The summed E-state index contributed by atoms with van der Waals surface area (Å²) in [4.78, 5) is 12.4. The van der Waals surface area contributed by atoms with E-state index in [2.05, 4.69) is 15.9 Å². The Morgan fingerprint density at radius 2 is 2.06 bits per heavy atom. The molecular weight excluding hydrogens is 285 g/mol. The molecule has 4 heteroatoms. The fourth-order valence-electron chi connectivity index (χ4n) is 2.53. The van der Waals surface area contributed by atoms with Gasteiger partial charge in [0.25, 0.3) is 0 Å². The highest BCUT2D eigenvalue weighted by Crippen LogP contribution is 2.40. The molecule has 1 fully saturated rings. The molecule has 2 nitrogen and oxygen atoms in total. The Balaban J connectivity index is 2.39. The number of hydrogen-bond donors (Lipinski definition) is 1. The molecule has 0 amide bonds. The number of halogens is 2. The quantitative estimate of drug-likeness (QED) is 0.870. The van der Waals surface area contributed by atoms with Gasteiger partial charge in [0.15, 0.2) is 5.78 Å². The normalized spacial score (nSPS) is 18.3. The molecule has 1 aromatic rings. The van der Waals surface area contributed by atoms with Gasteiger partial charge in [-0.25, -0.2) is 4.39 Å². The van der Waals surface area contributed by atoms with Crippen molar-refractivity contribution < 1.29 is 9.18 Å². The van der Waals surface area contributed by atoms with Crippen LogP contribution in [0.25, 0.3) is 0 Å². The van der Waals surface area contributed by atoms with E-state index in [1.807, 2.05) is 0 Å². The Labute approximate surface area is 109 Å². The van der Waals surface area contributed by atoms with Gasteiger partial charge in [0.2, 0.25) is 0 Å². The third kappa shape index (κ3) is 2.29. The van der Waals surface area contributed by atoms with Crippen LogP contribution in [0.15, 0.2) is 22.7 Å². The summed E-state index contributed by atoms with van der Waals surface area (Å²) < 4.78 is 14.4. The molecule has 0 heterocycles. The smallest absolute Gasteiger partial charge is 0.173 e. The molecule has 0 atom stereocenters. The molecule has 2 N–H and O–H groups in total. The summed E-state index contributed by atoms with van der Waals surface area (Å²) in [7, 11) is 0. The number of Topliss-reactive ketones (excluding diaryl/α,β-unsaturated/α-hetero) is 1. The van der Waals surface area contributed by atoms with E-state index >= 15 is 0 Å². The first kappa shape index (κ1) is 12.7. The lowest BCUT2D eigenvalue weighted by Gasteiger charge is -2.25. The molecule has 0 aromatic heterocycles. The van der Waals surface area contributed by atoms with Gasteiger partial charge >= 0.3 is 0 Å². The van der Waals surface area contributed by atoms with Crippen molar-refractivity contribution in [3.05, 3.63) is 34.1 Å². The van der Waals surface area contributed by atoms with Crippen LogP contribution in [0.3, 0.4) is 0 Å². The highest BCUT2D eigenvalue weighted by atomic mass is 79.9. The number of ketones is 1. The molecule has 2 rings (SSSR count). The molecule has 0 aliphatic heterocycles. The van der Waals surface area contributed by atoms with Crippen molar-refractivity contribution in [1.29, 1.82) is 0 Å². The molecule has 0 unspecified atom stereocenters. The average Bonchev–Trinajstić information content (AvgIpc) is 2.81. The first-order chi connectivity index (χ1) is 8.09. The van der Waals surface area contributed by atoms with E-state index in [4.69, 9.17) is 5.73 Å². The highest BCUT2D eigenvalue weighted by Gasteiger charge is 2.41. The summed E-state index contributed by atoms with van der Waals surface area (Å²) in [6, 6.07) is 4.46. The highest BCUT2D eigenvalue weighted by molar-refractivity contribution is 9.10. The molecule has 1 saturated carbocycles. The maximum absolute atomic E-state index is 13.7. The zero-order chi connectivity index (χ0) is 12.5. The maximum atomic E-state index is 13.7. The first-order valence-corrected chi connectivity index (χ1v) is 6.58. The molecule has 1 aliphatic rings. The van der Waals surface area contributed by atoms with Crippen molar-refractivity contribution in [2.75, 3.05) is 6.54 Å². The van der Waals surface area contributed by atoms with E-state index in [1.165, 1.54) is 6.07 Å². The molecule has 0 saturated heterocycles. The summed E-state index contributed by atoms with van der Waals surface area (Å²) in [6.07, 6.45) is 3.54. The van der Waals surface area contributed by atoms with Crippen molar-refractivity contribution in [1.82, 2.24) is 0 Å². The van der Waals surface area contributed by atoms with Gasteiger partial charge in [-0.2, -0.15) is 0 Å². The van der Waals surface area contributed by atoms with Crippen molar-refractivity contribution in [3.8, 4) is 0 Å². The fraction of sp³-hybridized carbons (Fsp3) is 0.462. The molecule has 1 aromatic carbocycles. The minimum Gasteiger partial charge on any atom is -0.329 e. The number of benzene rings is 1. The zero-order valence-electron chi connectivity index (χ0n) is 9.51. The van der Waals surface area contributed by atoms with Gasteiger partial charge in [-0.1, -0.05) is 28.8 Å². The van der Waals surface area contributed by atoms with Crippen molar-refractivity contribution in [2.45, 2.75) is 25.7 Å². The SMILES string of the molecule is NCC1(C(=O)c2cc(Br)ccc2F)CCCC1. The standard InChI is InChI=1S/C13H15BrFNO/c14-9-3-4-11(15)10(7-9)12(17)13(8-16)5-1-2-6-13/h3-4,7H,1-2,5-6,8,16H2. The van der Waals surface area contributed by atoms with Gasteiger partial charge in [0, 0.05) is 16.4 Å². The Kier molecular flexibility index (Phi) is 3.64. The Bertz CT molecular complexity index is 441. The van der Waals surface area contributed by atoms with Crippen molar-refractivity contribution in [3.63, 3.8) is 0 Å². The van der Waals surface area contributed by atoms with E-state index in [9.17, 15) is 9.18 Å². The van der Waals surface area contributed by atoms with Crippen LogP contribution in [-0.4, -0.2) is 12.3 Å². The van der Waals surface area contributed by atoms with Gasteiger partial charge in [0.05, 0.1) is 5.56 Å². The van der Waals surface area contributed by atoms with Crippen molar-refractivity contribution in [2.24, 2.45) is 11.1 Å². The molecule has 0 spiro atoms. The van der Waals surface area contributed by atoms with Gasteiger partial charge in [-0.15, -0.1) is 0 Å². The molecular formula is C13H15BrFNO. The predicted octanol–water partition coefficient (Wildman–Crippen LogP) is 3.29. The molecule has 0 radical (unpaired) electrons. The monoisotopic (exact) mass is 299 g/mol. The predicted molar refractivity (Wildman–Crippen MR) is 68.4 cm³/mol. The summed E-state index contributed by atoms with van der Waals surface area (Å²) in [5, 5.41) is 0. The average molecular weight is 300 g/mol. The van der Waals surface area contributed by atoms with Crippen LogP contribution in [-0.2, 0) is 0 Å². The van der Waals surface area contributed by atoms with Crippen molar-refractivity contribution >= 4 is 21.7 Å². The number of carbonyl (C=O) groups excluding carboxylic acids is 1. The lowest BCUT2D eigenvalue weighted by atomic mass is 9.79. The number of rotatable bonds is 3. The third-order valence-electron chi connectivity index (χ3n) is 3.61. The number of nitrogens with two attached hydrogens (primary N) is 1. The summed E-state index contributed by atoms with van der Waals surface area (Å²) in [5.74, 6) is -0.603. The topological polar surface area (TPSA) is 43.1 Å². The van der Waals surface area contributed by atoms with Crippen LogP contribution < -0.4 is 5.73 Å². The Morgan fingerprint density at radius 1 is 1.41 bits per heavy atom. The van der Waals surface area contributed by atoms with E-state index < -0.39 is 11.2 Å². The second kappa shape index (κ2) is 4.86. The van der Waals surface area contributed by atoms with Gasteiger partial charge in [-0.05, 0) is 31.0 Å². The summed E-state index contributed by atoms with van der Waals surface area (Å²) >= 11 is 3.26. The second-order valence-corrected chi connectivity index (χ2v) is 5.56. The number of hydrogen-bond acceptors (Lipinski definition) is 2. The molecule has 0 bridgehead atoms. The molecule has 17 heavy (non-hydrogen) atoms. The molecule has 92 valence electrons. The number of carbonyl (C=O) groups is 1. The minimum absolute atomic E-state index is 0.142. The van der Waals surface area contributed by atoms with Crippen LogP contribution in [0.2, 0.25) is 0 Å². The Hall–Kier alpha value is -0.740. The van der Waals surface area contributed by atoms with Crippen LogP contribution in [0, 0.1) is 11.2 Å². The van der Waals surface area contributed by atoms with E-state index in [0.29, 0.717) is 11.0 Å². The van der Waals surface area contributed by atoms with Crippen LogP contribution >= 0.6 is 15.9 Å². The van der Waals surface area contributed by atoms with E-state index in [0.717, 1.165) is 25.7 Å². The molecule has 1 aliphatic carbocycles. The van der Waals surface area contributed by atoms with Gasteiger partial charge < -0.3 is 5.73 Å². The lowest BCUT2D eigenvalue weighted by molar-refractivity contribution is 0.0805. The van der Waals surface area contributed by atoms with Gasteiger partial charge in [-0.3, -0.25) is 4.79 Å². The zero-order valence-corrected chi connectivity index (χ0v) is 11.1. The largest absolute Gasteiger partial charge is 0.329 e. The lowest BCUT2D eigenvalue weighted by Crippen LogP contribution is -2.36. The second-order valence-electron chi connectivity index (χ2n) is 4.64. The maximum Gasteiger partial charge on any atom is 0.173 e. The first-order valence-electron chi connectivity index (χ1n) is 5.79.